The molecule has 1 fully saturated rings. The second kappa shape index (κ2) is 10.8. The zero-order valence-corrected chi connectivity index (χ0v) is 16.8. The lowest BCUT2D eigenvalue weighted by Gasteiger charge is -2.33. The monoisotopic (exact) mass is 435 g/mol. The van der Waals surface area contributed by atoms with Crippen molar-refractivity contribution in [2.45, 2.75) is 45.2 Å². The maximum Gasteiger partial charge on any atom is 0.191 e. The first-order valence-corrected chi connectivity index (χ1v) is 8.22. The summed E-state index contributed by atoms with van der Waals surface area (Å²) in [5.41, 5.74) is 0. The average Bonchev–Trinajstić information content (AvgIpc) is 2.93. The van der Waals surface area contributed by atoms with Crippen molar-refractivity contribution in [3.63, 3.8) is 0 Å². The third-order valence-electron chi connectivity index (χ3n) is 4.30. The van der Waals surface area contributed by atoms with Crippen molar-refractivity contribution in [2.75, 3.05) is 26.7 Å². The van der Waals surface area contributed by atoms with Crippen LogP contribution < -0.4 is 10.6 Å². The SMILES string of the molecule is CN=C(NCCCN1CCCCC1C)NCc1nncn1C.I. The molecule has 0 aromatic carbocycles. The second-order valence-electron chi connectivity index (χ2n) is 5.94. The number of nitrogens with one attached hydrogen (secondary N) is 2. The lowest BCUT2D eigenvalue weighted by atomic mass is 10.0. The summed E-state index contributed by atoms with van der Waals surface area (Å²) in [5, 5.41) is 14.5. The summed E-state index contributed by atoms with van der Waals surface area (Å²) in [4.78, 5) is 6.84. The largest absolute Gasteiger partial charge is 0.356 e. The van der Waals surface area contributed by atoms with Gasteiger partial charge in [0.1, 0.15) is 6.33 Å². The van der Waals surface area contributed by atoms with E-state index in [0.717, 1.165) is 37.3 Å². The molecule has 1 aromatic heterocycles. The minimum Gasteiger partial charge on any atom is -0.356 e. The highest BCUT2D eigenvalue weighted by Crippen LogP contribution is 2.15. The van der Waals surface area contributed by atoms with Crippen LogP contribution in [0.15, 0.2) is 11.3 Å². The fourth-order valence-electron chi connectivity index (χ4n) is 2.83. The number of likely N-dealkylation sites (tertiary alicyclic amines) is 1. The summed E-state index contributed by atoms with van der Waals surface area (Å²) in [5.74, 6) is 1.71. The maximum absolute atomic E-state index is 4.24. The Morgan fingerprint density at radius 3 is 2.87 bits per heavy atom. The van der Waals surface area contributed by atoms with Gasteiger partial charge < -0.3 is 20.1 Å². The molecule has 132 valence electrons. The van der Waals surface area contributed by atoms with Gasteiger partial charge in [-0.1, -0.05) is 6.42 Å². The van der Waals surface area contributed by atoms with E-state index < -0.39 is 0 Å². The Morgan fingerprint density at radius 2 is 2.22 bits per heavy atom. The molecule has 1 aromatic rings. The van der Waals surface area contributed by atoms with E-state index in [0.29, 0.717) is 6.54 Å². The summed E-state index contributed by atoms with van der Waals surface area (Å²) in [6, 6.07) is 0.738. The van der Waals surface area contributed by atoms with E-state index in [4.69, 9.17) is 0 Å². The molecule has 2 N–H and O–H groups in total. The summed E-state index contributed by atoms with van der Waals surface area (Å²) >= 11 is 0. The highest BCUT2D eigenvalue weighted by Gasteiger charge is 2.17. The summed E-state index contributed by atoms with van der Waals surface area (Å²) < 4.78 is 1.90. The summed E-state index contributed by atoms with van der Waals surface area (Å²) in [6.07, 6.45) is 6.91. The normalized spacial score (nSPS) is 19.3. The number of aromatic nitrogens is 3. The van der Waals surface area contributed by atoms with E-state index in [1.165, 1.54) is 25.8 Å². The van der Waals surface area contributed by atoms with Gasteiger partial charge in [0.05, 0.1) is 6.54 Å². The number of halogens is 1. The van der Waals surface area contributed by atoms with Crippen molar-refractivity contribution in [3.8, 4) is 0 Å². The van der Waals surface area contributed by atoms with Crippen molar-refractivity contribution >= 4 is 29.9 Å². The minimum absolute atomic E-state index is 0. The molecule has 23 heavy (non-hydrogen) atoms. The van der Waals surface area contributed by atoms with Crippen LogP contribution in [0.4, 0.5) is 0 Å². The van der Waals surface area contributed by atoms with Gasteiger partial charge in [0.25, 0.3) is 0 Å². The van der Waals surface area contributed by atoms with Crippen LogP contribution in [0.1, 0.15) is 38.4 Å². The first kappa shape index (κ1) is 20.1. The zero-order chi connectivity index (χ0) is 15.8. The van der Waals surface area contributed by atoms with Crippen LogP contribution in [-0.2, 0) is 13.6 Å². The maximum atomic E-state index is 4.24. The molecular weight excluding hydrogens is 405 g/mol. The Bertz CT molecular complexity index is 474. The molecule has 7 nitrogen and oxygen atoms in total. The fraction of sp³-hybridized carbons (Fsp3) is 0.800. The molecule has 0 bridgehead atoms. The zero-order valence-electron chi connectivity index (χ0n) is 14.5. The lowest BCUT2D eigenvalue weighted by Crippen LogP contribution is -2.41. The molecule has 0 amide bonds. The molecular formula is C15H30IN7. The van der Waals surface area contributed by atoms with Gasteiger partial charge in [-0.3, -0.25) is 4.99 Å². The topological polar surface area (TPSA) is 70.4 Å². The Labute approximate surface area is 156 Å². The average molecular weight is 435 g/mol. The predicted octanol–water partition coefficient (Wildman–Crippen LogP) is 1.36. The number of guanidine groups is 1. The predicted molar refractivity (Wildman–Crippen MR) is 104 cm³/mol. The number of piperidine rings is 1. The summed E-state index contributed by atoms with van der Waals surface area (Å²) in [7, 11) is 3.73. The van der Waals surface area contributed by atoms with Crippen molar-refractivity contribution in [3.05, 3.63) is 12.2 Å². The van der Waals surface area contributed by atoms with E-state index in [2.05, 4.69) is 37.6 Å². The van der Waals surface area contributed by atoms with Crippen molar-refractivity contribution in [1.29, 1.82) is 0 Å². The molecule has 0 saturated carbocycles. The van der Waals surface area contributed by atoms with Gasteiger partial charge in [-0.25, -0.2) is 0 Å². The third kappa shape index (κ3) is 6.62. The number of aliphatic imine (C=N–C) groups is 1. The first-order chi connectivity index (χ1) is 10.7. The highest BCUT2D eigenvalue weighted by molar-refractivity contribution is 14.0. The summed E-state index contributed by atoms with van der Waals surface area (Å²) in [6.45, 7) is 6.31. The third-order valence-corrected chi connectivity index (χ3v) is 4.30. The molecule has 1 aliphatic rings. The minimum atomic E-state index is 0. The van der Waals surface area contributed by atoms with Gasteiger partial charge >= 0.3 is 0 Å². The second-order valence-corrected chi connectivity index (χ2v) is 5.94. The van der Waals surface area contributed by atoms with E-state index in [9.17, 15) is 0 Å². The van der Waals surface area contributed by atoms with E-state index >= 15 is 0 Å². The van der Waals surface area contributed by atoms with Gasteiger partial charge in [0.2, 0.25) is 0 Å². The number of nitrogens with zero attached hydrogens (tertiary/aromatic N) is 5. The lowest BCUT2D eigenvalue weighted by molar-refractivity contribution is 0.159. The van der Waals surface area contributed by atoms with Gasteiger partial charge in [0.15, 0.2) is 11.8 Å². The fourth-order valence-corrected chi connectivity index (χ4v) is 2.83. The molecule has 8 heteroatoms. The quantitative estimate of drug-likeness (QED) is 0.306. The molecule has 0 radical (unpaired) electrons. The number of rotatable bonds is 6. The Kier molecular flexibility index (Phi) is 9.46. The Morgan fingerprint density at radius 1 is 1.39 bits per heavy atom. The molecule has 0 aliphatic carbocycles. The van der Waals surface area contributed by atoms with Crippen molar-refractivity contribution < 1.29 is 0 Å². The van der Waals surface area contributed by atoms with Crippen LogP contribution in [-0.4, -0.2) is 58.3 Å². The van der Waals surface area contributed by atoms with Gasteiger partial charge in [-0.05, 0) is 32.7 Å². The molecule has 0 spiro atoms. The number of aryl methyl sites for hydroxylation is 1. The van der Waals surface area contributed by atoms with E-state index in [-0.39, 0.29) is 24.0 Å². The van der Waals surface area contributed by atoms with Crippen LogP contribution in [0.5, 0.6) is 0 Å². The number of hydrogen-bond donors (Lipinski definition) is 2. The highest BCUT2D eigenvalue weighted by atomic mass is 127. The van der Waals surface area contributed by atoms with Gasteiger partial charge in [-0.15, -0.1) is 34.2 Å². The van der Waals surface area contributed by atoms with Crippen LogP contribution in [0, 0.1) is 0 Å². The van der Waals surface area contributed by atoms with Gasteiger partial charge in [-0.2, -0.15) is 0 Å². The molecule has 1 saturated heterocycles. The van der Waals surface area contributed by atoms with Gasteiger partial charge in [0, 0.05) is 33.2 Å². The standard InChI is InChI=1S/C15H29N7.HI/c1-13-7-4-5-9-22(13)10-6-8-17-15(16-2)18-11-14-20-19-12-21(14)3;/h12-13H,4-11H2,1-3H3,(H2,16,17,18);1H. The van der Waals surface area contributed by atoms with E-state index in [1.54, 1.807) is 13.4 Å². The van der Waals surface area contributed by atoms with E-state index in [1.807, 2.05) is 11.6 Å². The first-order valence-electron chi connectivity index (χ1n) is 8.22. The molecule has 2 heterocycles. The number of hydrogen-bond acceptors (Lipinski definition) is 4. The van der Waals surface area contributed by atoms with Crippen LogP contribution >= 0.6 is 24.0 Å². The van der Waals surface area contributed by atoms with Crippen LogP contribution in [0.2, 0.25) is 0 Å². The Balaban J connectivity index is 0.00000264. The van der Waals surface area contributed by atoms with Crippen LogP contribution in [0.25, 0.3) is 0 Å². The Hall–Kier alpha value is -0.900. The molecule has 2 rings (SSSR count). The molecule has 1 unspecified atom stereocenters. The molecule has 1 atom stereocenters. The smallest absolute Gasteiger partial charge is 0.191 e. The van der Waals surface area contributed by atoms with Crippen molar-refractivity contribution in [1.82, 2.24) is 30.3 Å². The molecule has 1 aliphatic heterocycles. The van der Waals surface area contributed by atoms with Crippen LogP contribution in [0.3, 0.4) is 0 Å². The van der Waals surface area contributed by atoms with Crippen molar-refractivity contribution in [2.24, 2.45) is 12.0 Å².